The molecule has 0 aliphatic heterocycles. The molecule has 0 saturated heterocycles. The lowest BCUT2D eigenvalue weighted by Gasteiger charge is -2.24. The van der Waals surface area contributed by atoms with Crippen LogP contribution in [-0.2, 0) is 13.0 Å². The Labute approximate surface area is 142 Å². The van der Waals surface area contributed by atoms with E-state index in [1.807, 2.05) is 36.8 Å². The third kappa shape index (κ3) is 4.06. The molecule has 3 aromatic rings. The van der Waals surface area contributed by atoms with E-state index in [0.717, 1.165) is 24.2 Å². The van der Waals surface area contributed by atoms with Gasteiger partial charge in [0.2, 0.25) is 0 Å². The van der Waals surface area contributed by atoms with Gasteiger partial charge in [-0.15, -0.1) is 0 Å². The zero-order valence-electron chi connectivity index (χ0n) is 14.3. The van der Waals surface area contributed by atoms with Crippen molar-refractivity contribution in [3.63, 3.8) is 0 Å². The standard InChI is InChI=1S/C19H22N4O/c1-14-6-7-20-17(9-14)10-15(2)23(3)13-16-11-21-19(22-12-16)18-5-4-8-24-18/h4-9,11-12,15H,10,13H2,1-3H3. The van der Waals surface area contributed by atoms with Gasteiger partial charge < -0.3 is 4.42 Å². The zero-order valence-corrected chi connectivity index (χ0v) is 14.3. The minimum absolute atomic E-state index is 0.379. The highest BCUT2D eigenvalue weighted by molar-refractivity contribution is 5.45. The number of aromatic nitrogens is 3. The van der Waals surface area contributed by atoms with Crippen molar-refractivity contribution in [1.29, 1.82) is 0 Å². The van der Waals surface area contributed by atoms with Crippen LogP contribution in [0.3, 0.4) is 0 Å². The van der Waals surface area contributed by atoms with Crippen LogP contribution in [-0.4, -0.2) is 32.9 Å². The molecule has 0 spiro atoms. The number of rotatable bonds is 6. The molecule has 24 heavy (non-hydrogen) atoms. The summed E-state index contributed by atoms with van der Waals surface area (Å²) >= 11 is 0. The molecule has 0 aliphatic rings. The average molecular weight is 322 g/mol. The highest BCUT2D eigenvalue weighted by atomic mass is 16.3. The van der Waals surface area contributed by atoms with Gasteiger partial charge in [0.25, 0.3) is 0 Å². The van der Waals surface area contributed by atoms with Crippen molar-refractivity contribution in [1.82, 2.24) is 19.9 Å². The Bertz CT molecular complexity index is 768. The van der Waals surface area contributed by atoms with Crippen LogP contribution in [0.4, 0.5) is 0 Å². The van der Waals surface area contributed by atoms with E-state index in [1.54, 1.807) is 6.26 Å². The summed E-state index contributed by atoms with van der Waals surface area (Å²) in [4.78, 5) is 15.5. The monoisotopic (exact) mass is 322 g/mol. The third-order valence-electron chi connectivity index (χ3n) is 4.11. The summed E-state index contributed by atoms with van der Waals surface area (Å²) in [7, 11) is 2.11. The lowest BCUT2D eigenvalue weighted by Crippen LogP contribution is -2.30. The molecule has 1 atom stereocenters. The Morgan fingerprint density at radius 3 is 2.62 bits per heavy atom. The Morgan fingerprint density at radius 2 is 1.96 bits per heavy atom. The average Bonchev–Trinajstić information content (AvgIpc) is 3.10. The van der Waals surface area contributed by atoms with Gasteiger partial charge in [0, 0.05) is 48.9 Å². The molecule has 0 amide bonds. The minimum atomic E-state index is 0.379. The van der Waals surface area contributed by atoms with Crippen LogP contribution in [0.5, 0.6) is 0 Å². The quantitative estimate of drug-likeness (QED) is 0.695. The van der Waals surface area contributed by atoms with Gasteiger partial charge in [0.15, 0.2) is 11.6 Å². The van der Waals surface area contributed by atoms with Crippen molar-refractivity contribution in [2.24, 2.45) is 0 Å². The summed E-state index contributed by atoms with van der Waals surface area (Å²) < 4.78 is 5.31. The van der Waals surface area contributed by atoms with Gasteiger partial charge >= 0.3 is 0 Å². The summed E-state index contributed by atoms with van der Waals surface area (Å²) in [6, 6.07) is 8.24. The molecule has 1 unspecified atom stereocenters. The van der Waals surface area contributed by atoms with E-state index in [0.29, 0.717) is 17.6 Å². The van der Waals surface area contributed by atoms with Gasteiger partial charge in [0.1, 0.15) is 0 Å². The van der Waals surface area contributed by atoms with E-state index >= 15 is 0 Å². The van der Waals surface area contributed by atoms with Crippen molar-refractivity contribution in [3.8, 4) is 11.6 Å². The highest BCUT2D eigenvalue weighted by Gasteiger charge is 2.12. The summed E-state index contributed by atoms with van der Waals surface area (Å²) in [5.74, 6) is 1.30. The second kappa shape index (κ2) is 7.36. The first-order valence-corrected chi connectivity index (χ1v) is 8.08. The predicted molar refractivity (Wildman–Crippen MR) is 93.3 cm³/mol. The van der Waals surface area contributed by atoms with E-state index in [2.05, 4.69) is 46.8 Å². The summed E-state index contributed by atoms with van der Waals surface area (Å²) in [5, 5.41) is 0. The van der Waals surface area contributed by atoms with Crippen LogP contribution >= 0.6 is 0 Å². The number of aryl methyl sites for hydroxylation is 1. The Balaban J connectivity index is 1.60. The van der Waals surface area contributed by atoms with Crippen LogP contribution in [0.1, 0.15) is 23.7 Å². The van der Waals surface area contributed by atoms with Crippen molar-refractivity contribution >= 4 is 0 Å². The first kappa shape index (κ1) is 16.3. The molecule has 0 saturated carbocycles. The van der Waals surface area contributed by atoms with E-state index in [9.17, 15) is 0 Å². The SMILES string of the molecule is Cc1ccnc(CC(C)N(C)Cc2cnc(-c3ccco3)nc2)c1. The third-order valence-corrected chi connectivity index (χ3v) is 4.11. The predicted octanol–water partition coefficient (Wildman–Crippen LogP) is 3.50. The van der Waals surface area contributed by atoms with Gasteiger partial charge in [-0.3, -0.25) is 9.88 Å². The number of hydrogen-bond acceptors (Lipinski definition) is 5. The van der Waals surface area contributed by atoms with E-state index in [1.165, 1.54) is 5.56 Å². The zero-order chi connectivity index (χ0) is 16.9. The molecule has 0 radical (unpaired) electrons. The van der Waals surface area contributed by atoms with Crippen molar-refractivity contribution < 1.29 is 4.42 Å². The molecule has 0 fully saturated rings. The van der Waals surface area contributed by atoms with Crippen molar-refractivity contribution in [3.05, 3.63) is 65.9 Å². The Hall–Kier alpha value is -2.53. The van der Waals surface area contributed by atoms with Gasteiger partial charge in [-0.1, -0.05) is 0 Å². The second-order valence-corrected chi connectivity index (χ2v) is 6.19. The first-order valence-electron chi connectivity index (χ1n) is 8.08. The highest BCUT2D eigenvalue weighted by Crippen LogP contribution is 2.15. The fourth-order valence-electron chi connectivity index (χ4n) is 2.58. The fraction of sp³-hybridized carbons (Fsp3) is 0.316. The summed E-state index contributed by atoms with van der Waals surface area (Å²) in [5.41, 5.74) is 3.45. The van der Waals surface area contributed by atoms with Gasteiger partial charge in [-0.2, -0.15) is 0 Å². The van der Waals surface area contributed by atoms with Crippen LogP contribution in [0, 0.1) is 6.92 Å². The Morgan fingerprint density at radius 1 is 1.17 bits per heavy atom. The maximum atomic E-state index is 5.31. The maximum absolute atomic E-state index is 5.31. The number of pyridine rings is 1. The first-order chi connectivity index (χ1) is 11.6. The smallest absolute Gasteiger partial charge is 0.195 e. The van der Waals surface area contributed by atoms with Gasteiger partial charge in [-0.05, 0) is 50.7 Å². The van der Waals surface area contributed by atoms with E-state index in [4.69, 9.17) is 4.42 Å². The molecule has 0 aromatic carbocycles. The minimum Gasteiger partial charge on any atom is -0.461 e. The topological polar surface area (TPSA) is 55.1 Å². The van der Waals surface area contributed by atoms with E-state index < -0.39 is 0 Å². The summed E-state index contributed by atoms with van der Waals surface area (Å²) in [6.45, 7) is 5.10. The number of furan rings is 1. The number of hydrogen-bond donors (Lipinski definition) is 0. The normalized spacial score (nSPS) is 12.5. The van der Waals surface area contributed by atoms with Crippen LogP contribution < -0.4 is 0 Å². The van der Waals surface area contributed by atoms with Crippen LogP contribution in [0.25, 0.3) is 11.6 Å². The molecule has 5 heteroatoms. The lowest BCUT2D eigenvalue weighted by molar-refractivity contribution is 0.246. The van der Waals surface area contributed by atoms with Gasteiger partial charge in [0.05, 0.1) is 6.26 Å². The maximum Gasteiger partial charge on any atom is 0.195 e. The van der Waals surface area contributed by atoms with Crippen molar-refractivity contribution in [2.75, 3.05) is 7.05 Å². The molecule has 0 N–H and O–H groups in total. The molecule has 3 aromatic heterocycles. The van der Waals surface area contributed by atoms with E-state index in [-0.39, 0.29) is 0 Å². The van der Waals surface area contributed by atoms with Crippen LogP contribution in [0.2, 0.25) is 0 Å². The van der Waals surface area contributed by atoms with Crippen molar-refractivity contribution in [2.45, 2.75) is 32.9 Å². The summed E-state index contributed by atoms with van der Waals surface area (Å²) in [6.07, 6.45) is 8.14. The molecule has 124 valence electrons. The molecule has 0 aliphatic carbocycles. The molecule has 3 rings (SSSR count). The molecule has 0 bridgehead atoms. The number of nitrogens with zero attached hydrogens (tertiary/aromatic N) is 4. The fourth-order valence-corrected chi connectivity index (χ4v) is 2.58. The second-order valence-electron chi connectivity index (χ2n) is 6.19. The lowest BCUT2D eigenvalue weighted by atomic mass is 10.1. The molecular weight excluding hydrogens is 300 g/mol. The number of likely N-dealkylation sites (N-methyl/N-ethyl adjacent to an activating group) is 1. The molecule has 5 nitrogen and oxygen atoms in total. The molecular formula is C19H22N4O. The largest absolute Gasteiger partial charge is 0.461 e. The van der Waals surface area contributed by atoms with Crippen LogP contribution in [0.15, 0.2) is 53.5 Å². The Kier molecular flexibility index (Phi) is 5.01. The van der Waals surface area contributed by atoms with Gasteiger partial charge in [-0.25, -0.2) is 9.97 Å². The molecule has 3 heterocycles.